The van der Waals surface area contributed by atoms with Crippen molar-refractivity contribution in [3.8, 4) is 5.75 Å². The second kappa shape index (κ2) is 11.1. The van der Waals surface area contributed by atoms with Crippen LogP contribution in [0, 0.1) is 5.82 Å². The molecule has 33 heavy (non-hydrogen) atoms. The van der Waals surface area contributed by atoms with Crippen molar-refractivity contribution in [2.45, 2.75) is 38.3 Å². The molecule has 0 bridgehead atoms. The minimum absolute atomic E-state index is 0.166. The molecule has 0 radical (unpaired) electrons. The Balaban J connectivity index is 1.53. The summed E-state index contributed by atoms with van der Waals surface area (Å²) in [6.07, 6.45) is 3.10. The SMILES string of the molecule is O=C1NCCCC[C@@H]1N(Cc1cccc(OCCc2ccsc2)c1)C(=O)c1cccc(F)c1. The first-order chi connectivity index (χ1) is 16.1. The second-order valence-electron chi connectivity index (χ2n) is 8.12. The first-order valence-corrected chi connectivity index (χ1v) is 12.1. The molecule has 0 spiro atoms. The molecule has 0 aliphatic carbocycles. The third-order valence-electron chi connectivity index (χ3n) is 5.71. The predicted octanol–water partition coefficient (Wildman–Crippen LogP) is 4.82. The molecule has 1 aliphatic rings. The lowest BCUT2D eigenvalue weighted by Gasteiger charge is -2.30. The van der Waals surface area contributed by atoms with Gasteiger partial charge in [0.15, 0.2) is 0 Å². The lowest BCUT2D eigenvalue weighted by molar-refractivity contribution is -0.125. The van der Waals surface area contributed by atoms with Crippen molar-refractivity contribution in [3.63, 3.8) is 0 Å². The van der Waals surface area contributed by atoms with Crippen molar-refractivity contribution in [3.05, 3.63) is 87.9 Å². The summed E-state index contributed by atoms with van der Waals surface area (Å²) < 4.78 is 19.7. The molecule has 1 fully saturated rings. The van der Waals surface area contributed by atoms with E-state index >= 15 is 0 Å². The van der Waals surface area contributed by atoms with Gasteiger partial charge >= 0.3 is 0 Å². The zero-order valence-corrected chi connectivity index (χ0v) is 19.2. The number of carbonyl (C=O) groups is 2. The van der Waals surface area contributed by atoms with Gasteiger partial charge in [0.2, 0.25) is 5.91 Å². The van der Waals surface area contributed by atoms with Gasteiger partial charge in [0.1, 0.15) is 17.6 Å². The van der Waals surface area contributed by atoms with E-state index < -0.39 is 11.9 Å². The summed E-state index contributed by atoms with van der Waals surface area (Å²) in [5.41, 5.74) is 2.32. The van der Waals surface area contributed by atoms with Gasteiger partial charge in [0, 0.05) is 25.1 Å². The minimum Gasteiger partial charge on any atom is -0.493 e. The Bertz CT molecular complexity index is 1090. The summed E-state index contributed by atoms with van der Waals surface area (Å²) in [6, 6.07) is 14.7. The molecular weight excluding hydrogens is 439 g/mol. The first-order valence-electron chi connectivity index (χ1n) is 11.2. The summed E-state index contributed by atoms with van der Waals surface area (Å²) in [7, 11) is 0. The molecule has 7 heteroatoms. The van der Waals surface area contributed by atoms with Gasteiger partial charge in [0.25, 0.3) is 5.91 Å². The lowest BCUT2D eigenvalue weighted by Crippen LogP contribution is -2.48. The number of rotatable bonds is 8. The number of carbonyl (C=O) groups excluding carboxylic acids is 2. The number of nitrogens with zero attached hydrogens (tertiary/aromatic N) is 1. The lowest BCUT2D eigenvalue weighted by atomic mass is 10.0. The molecule has 1 atom stereocenters. The third-order valence-corrected chi connectivity index (χ3v) is 6.44. The quantitative estimate of drug-likeness (QED) is 0.518. The van der Waals surface area contributed by atoms with E-state index in [1.807, 2.05) is 29.6 Å². The van der Waals surface area contributed by atoms with Crippen molar-refractivity contribution < 1.29 is 18.7 Å². The number of benzene rings is 2. The Kier molecular flexibility index (Phi) is 7.73. The summed E-state index contributed by atoms with van der Waals surface area (Å²) in [5, 5.41) is 7.05. The molecule has 2 heterocycles. The number of nitrogens with one attached hydrogen (secondary N) is 1. The maximum Gasteiger partial charge on any atom is 0.254 e. The molecule has 1 aromatic heterocycles. The molecular formula is C26H27FN2O3S. The monoisotopic (exact) mass is 466 g/mol. The second-order valence-corrected chi connectivity index (χ2v) is 8.90. The van der Waals surface area contributed by atoms with Gasteiger partial charge in [0.05, 0.1) is 6.61 Å². The van der Waals surface area contributed by atoms with E-state index in [1.165, 1.54) is 23.8 Å². The first kappa shape index (κ1) is 23.0. The fraction of sp³-hybridized carbons (Fsp3) is 0.308. The number of halogens is 1. The molecule has 1 saturated heterocycles. The van der Waals surface area contributed by atoms with Crippen molar-refractivity contribution in [2.24, 2.45) is 0 Å². The van der Waals surface area contributed by atoms with E-state index in [4.69, 9.17) is 4.74 Å². The fourth-order valence-corrected chi connectivity index (χ4v) is 4.69. The Hall–Kier alpha value is -3.19. The molecule has 0 saturated carbocycles. The maximum absolute atomic E-state index is 13.8. The predicted molar refractivity (Wildman–Crippen MR) is 127 cm³/mol. The minimum atomic E-state index is -0.605. The number of hydrogen-bond acceptors (Lipinski definition) is 4. The Morgan fingerprint density at radius 1 is 1.12 bits per heavy atom. The molecule has 2 aromatic carbocycles. The van der Waals surface area contributed by atoms with Gasteiger partial charge in [-0.3, -0.25) is 9.59 Å². The highest BCUT2D eigenvalue weighted by atomic mass is 32.1. The van der Waals surface area contributed by atoms with Crippen LogP contribution in [0.3, 0.4) is 0 Å². The number of thiophene rings is 1. The largest absolute Gasteiger partial charge is 0.493 e. The van der Waals surface area contributed by atoms with Gasteiger partial charge < -0.3 is 15.0 Å². The molecule has 2 amide bonds. The van der Waals surface area contributed by atoms with E-state index in [0.29, 0.717) is 25.3 Å². The van der Waals surface area contributed by atoms with Crippen LogP contribution in [0.4, 0.5) is 4.39 Å². The van der Waals surface area contributed by atoms with Crippen LogP contribution >= 0.6 is 11.3 Å². The summed E-state index contributed by atoms with van der Waals surface area (Å²) in [6.45, 7) is 1.39. The Morgan fingerprint density at radius 2 is 2.00 bits per heavy atom. The van der Waals surface area contributed by atoms with Crippen LogP contribution in [0.2, 0.25) is 0 Å². The molecule has 5 nitrogen and oxygen atoms in total. The smallest absolute Gasteiger partial charge is 0.254 e. The van der Waals surface area contributed by atoms with Gasteiger partial charge in [-0.1, -0.05) is 18.2 Å². The summed E-state index contributed by atoms with van der Waals surface area (Å²) in [5.74, 6) is -0.293. The molecule has 0 unspecified atom stereocenters. The Morgan fingerprint density at radius 3 is 2.82 bits per heavy atom. The maximum atomic E-state index is 13.8. The molecule has 172 valence electrons. The van der Waals surface area contributed by atoms with Crippen molar-refractivity contribution in [2.75, 3.05) is 13.2 Å². The molecule has 3 aromatic rings. The highest BCUT2D eigenvalue weighted by Crippen LogP contribution is 2.22. The van der Waals surface area contributed by atoms with Crippen LogP contribution in [-0.2, 0) is 17.8 Å². The standard InChI is InChI=1S/C26H27FN2O3S/c27-22-7-4-6-21(16-22)26(31)29(24-9-1-2-12-28-25(24)30)17-20-5-3-8-23(15-20)32-13-10-19-11-14-33-18-19/h3-8,11,14-16,18,24H,1-2,9-10,12-13,17H2,(H,28,30)/t24-/m0/s1. The average Bonchev–Trinajstić information content (AvgIpc) is 3.24. The van der Waals surface area contributed by atoms with E-state index in [9.17, 15) is 14.0 Å². The van der Waals surface area contributed by atoms with Crippen LogP contribution < -0.4 is 10.1 Å². The van der Waals surface area contributed by atoms with E-state index in [2.05, 4.69) is 16.8 Å². The number of amides is 2. The van der Waals surface area contributed by atoms with Gasteiger partial charge in [-0.2, -0.15) is 11.3 Å². The number of ether oxygens (including phenoxy) is 1. The summed E-state index contributed by atoms with van der Waals surface area (Å²) >= 11 is 1.66. The van der Waals surface area contributed by atoms with Crippen LogP contribution in [-0.4, -0.2) is 35.9 Å². The van der Waals surface area contributed by atoms with E-state index in [-0.39, 0.29) is 23.9 Å². The number of hydrogen-bond donors (Lipinski definition) is 1. The fourth-order valence-electron chi connectivity index (χ4n) is 3.98. The zero-order chi connectivity index (χ0) is 23.0. The van der Waals surface area contributed by atoms with Gasteiger partial charge in [-0.15, -0.1) is 0 Å². The highest BCUT2D eigenvalue weighted by molar-refractivity contribution is 7.07. The molecule has 1 N–H and O–H groups in total. The van der Waals surface area contributed by atoms with Crippen LogP contribution in [0.5, 0.6) is 5.75 Å². The van der Waals surface area contributed by atoms with Crippen molar-refractivity contribution in [1.29, 1.82) is 0 Å². The van der Waals surface area contributed by atoms with Gasteiger partial charge in [-0.05, 0) is 77.5 Å². The molecule has 1 aliphatic heterocycles. The topological polar surface area (TPSA) is 58.6 Å². The van der Waals surface area contributed by atoms with E-state index in [0.717, 1.165) is 24.8 Å². The van der Waals surface area contributed by atoms with E-state index in [1.54, 1.807) is 22.3 Å². The third kappa shape index (κ3) is 6.20. The van der Waals surface area contributed by atoms with Crippen molar-refractivity contribution in [1.82, 2.24) is 10.2 Å². The zero-order valence-electron chi connectivity index (χ0n) is 18.3. The summed E-state index contributed by atoms with van der Waals surface area (Å²) in [4.78, 5) is 27.7. The van der Waals surface area contributed by atoms with Crippen molar-refractivity contribution >= 4 is 23.2 Å². The average molecular weight is 467 g/mol. The normalized spacial score (nSPS) is 16.0. The van der Waals surface area contributed by atoms with Crippen LogP contribution in [0.1, 0.15) is 40.7 Å². The van der Waals surface area contributed by atoms with Crippen LogP contribution in [0.15, 0.2) is 65.4 Å². The van der Waals surface area contributed by atoms with Crippen LogP contribution in [0.25, 0.3) is 0 Å². The molecule has 4 rings (SSSR count). The highest BCUT2D eigenvalue weighted by Gasteiger charge is 2.31. The Labute approximate surface area is 197 Å². The van der Waals surface area contributed by atoms with Gasteiger partial charge in [-0.25, -0.2) is 4.39 Å².